The van der Waals surface area contributed by atoms with Crippen molar-refractivity contribution >= 4 is 34.1 Å². The Kier molecular flexibility index (Phi) is 6.50. The van der Waals surface area contributed by atoms with Gasteiger partial charge in [0.2, 0.25) is 11.1 Å². The van der Waals surface area contributed by atoms with Crippen LogP contribution in [0.5, 0.6) is 11.5 Å². The summed E-state index contributed by atoms with van der Waals surface area (Å²) >= 11 is 2.70. The normalized spacial score (nSPS) is 13.0. The summed E-state index contributed by atoms with van der Waals surface area (Å²) in [6.45, 7) is 0. The van der Waals surface area contributed by atoms with Crippen LogP contribution in [0, 0.1) is 0 Å². The Hall–Kier alpha value is -3.37. The van der Waals surface area contributed by atoms with Gasteiger partial charge in [-0.1, -0.05) is 30.0 Å². The minimum atomic E-state index is -0.151. The van der Waals surface area contributed by atoms with Crippen LogP contribution in [0.25, 0.3) is 16.9 Å². The predicted octanol–water partition coefficient (Wildman–Crippen LogP) is 5.02. The number of hydrogen-bond donors (Lipinski definition) is 1. The lowest BCUT2D eigenvalue weighted by atomic mass is 10.1. The van der Waals surface area contributed by atoms with Crippen LogP contribution in [0.1, 0.15) is 24.6 Å². The molecule has 0 aliphatic heterocycles. The van der Waals surface area contributed by atoms with Gasteiger partial charge in [-0.15, -0.1) is 16.4 Å². The molecule has 1 saturated carbocycles. The Bertz CT molecular complexity index is 1300. The van der Waals surface area contributed by atoms with Crippen LogP contribution in [0.15, 0.2) is 59.1 Å². The summed E-state index contributed by atoms with van der Waals surface area (Å²) in [6.07, 6.45) is 2.26. The minimum absolute atomic E-state index is 0.151. The summed E-state index contributed by atoms with van der Waals surface area (Å²) in [5, 5.41) is 10.6. The van der Waals surface area contributed by atoms with Crippen LogP contribution < -0.4 is 14.8 Å². The highest BCUT2D eigenvalue weighted by molar-refractivity contribution is 7.99. The monoisotopic (exact) mass is 493 g/mol. The second-order valence-corrected chi connectivity index (χ2v) is 9.52. The molecule has 1 fully saturated rings. The lowest BCUT2D eigenvalue weighted by Gasteiger charge is -2.08. The molecule has 10 heteroatoms. The maximum atomic E-state index is 12.6. The van der Waals surface area contributed by atoms with Crippen molar-refractivity contribution in [3.8, 4) is 28.4 Å². The number of hydrogen-bond acceptors (Lipinski definition) is 8. The number of thiazole rings is 1. The van der Waals surface area contributed by atoms with E-state index in [1.165, 1.54) is 23.1 Å². The van der Waals surface area contributed by atoms with Gasteiger partial charge in [0.15, 0.2) is 16.6 Å². The van der Waals surface area contributed by atoms with Crippen molar-refractivity contribution in [1.29, 1.82) is 0 Å². The van der Waals surface area contributed by atoms with Gasteiger partial charge in [-0.2, -0.15) is 0 Å². The van der Waals surface area contributed by atoms with Gasteiger partial charge in [-0.3, -0.25) is 4.79 Å². The van der Waals surface area contributed by atoms with Crippen molar-refractivity contribution in [3.05, 3.63) is 59.7 Å². The highest BCUT2D eigenvalue weighted by Gasteiger charge is 2.30. The molecule has 2 heterocycles. The summed E-state index contributed by atoms with van der Waals surface area (Å²) in [5.74, 6) is 2.74. The number of para-hydroxylation sites is 1. The van der Waals surface area contributed by atoms with E-state index in [-0.39, 0.29) is 11.7 Å². The van der Waals surface area contributed by atoms with Crippen LogP contribution in [-0.2, 0) is 4.79 Å². The maximum Gasteiger partial charge on any atom is 0.236 e. The van der Waals surface area contributed by atoms with E-state index in [1.54, 1.807) is 14.2 Å². The number of amides is 1. The third kappa shape index (κ3) is 4.92. The standard InChI is InChI=1S/C24H23N5O3S2/c1-31-19-11-10-16(12-20(19)32-2)18-13-33-23(25-18)26-21(30)14-34-24-27-22(15-8-9-15)29(28-24)17-6-4-3-5-7-17/h3-7,10-13,15H,8-9,14H2,1-2H3,(H,25,26,30). The van der Waals surface area contributed by atoms with Crippen molar-refractivity contribution in [2.45, 2.75) is 23.9 Å². The number of nitrogens with one attached hydrogen (secondary N) is 1. The zero-order valence-corrected chi connectivity index (χ0v) is 20.4. The topological polar surface area (TPSA) is 91.2 Å². The van der Waals surface area contributed by atoms with Gasteiger partial charge in [0.25, 0.3) is 0 Å². The average molecular weight is 494 g/mol. The molecule has 2 aromatic carbocycles. The van der Waals surface area contributed by atoms with Crippen molar-refractivity contribution in [2.24, 2.45) is 0 Å². The second-order valence-electron chi connectivity index (χ2n) is 7.72. The fourth-order valence-electron chi connectivity index (χ4n) is 3.48. The number of ether oxygens (including phenoxy) is 2. The minimum Gasteiger partial charge on any atom is -0.493 e. The smallest absolute Gasteiger partial charge is 0.236 e. The van der Waals surface area contributed by atoms with Crippen molar-refractivity contribution in [1.82, 2.24) is 19.7 Å². The van der Waals surface area contributed by atoms with E-state index in [0.29, 0.717) is 27.7 Å². The highest BCUT2D eigenvalue weighted by Crippen LogP contribution is 2.40. The van der Waals surface area contributed by atoms with E-state index in [4.69, 9.17) is 14.5 Å². The average Bonchev–Trinajstić information content (AvgIpc) is 3.46. The summed E-state index contributed by atoms with van der Waals surface area (Å²) in [6, 6.07) is 15.6. The fraction of sp³-hybridized carbons (Fsp3) is 0.250. The number of thioether (sulfide) groups is 1. The van der Waals surface area contributed by atoms with E-state index in [2.05, 4.69) is 15.4 Å². The van der Waals surface area contributed by atoms with Gasteiger partial charge in [0, 0.05) is 16.9 Å². The number of carbonyl (C=O) groups excluding carboxylic acids is 1. The molecule has 0 atom stereocenters. The summed E-state index contributed by atoms with van der Waals surface area (Å²) in [7, 11) is 3.19. The first kappa shape index (κ1) is 22.4. The molecular formula is C24H23N5O3S2. The van der Waals surface area contributed by atoms with Crippen LogP contribution in [0.2, 0.25) is 0 Å². The van der Waals surface area contributed by atoms with Gasteiger partial charge in [-0.25, -0.2) is 14.6 Å². The van der Waals surface area contributed by atoms with Crippen molar-refractivity contribution in [3.63, 3.8) is 0 Å². The van der Waals surface area contributed by atoms with Gasteiger partial charge >= 0.3 is 0 Å². The zero-order valence-electron chi connectivity index (χ0n) is 18.7. The van der Waals surface area contributed by atoms with Crippen LogP contribution in [-0.4, -0.2) is 45.6 Å². The van der Waals surface area contributed by atoms with Crippen molar-refractivity contribution < 1.29 is 14.3 Å². The van der Waals surface area contributed by atoms with Gasteiger partial charge in [0.05, 0.1) is 31.4 Å². The lowest BCUT2D eigenvalue weighted by Crippen LogP contribution is -2.14. The third-order valence-corrected chi connectivity index (χ3v) is 6.91. The van der Waals surface area contributed by atoms with Crippen LogP contribution >= 0.6 is 23.1 Å². The van der Waals surface area contributed by atoms with Gasteiger partial charge in [-0.05, 0) is 43.2 Å². The Balaban J connectivity index is 1.23. The summed E-state index contributed by atoms with van der Waals surface area (Å²) in [4.78, 5) is 21.8. The second kappa shape index (κ2) is 9.86. The van der Waals surface area contributed by atoms with Crippen molar-refractivity contribution in [2.75, 3.05) is 25.3 Å². The Morgan fingerprint density at radius 1 is 1.12 bits per heavy atom. The zero-order chi connectivity index (χ0) is 23.5. The SMILES string of the molecule is COc1ccc(-c2csc(NC(=O)CSc3nc(C4CC4)n(-c4ccccc4)n3)n2)cc1OC. The molecule has 1 amide bonds. The molecule has 0 unspecified atom stereocenters. The number of anilines is 1. The predicted molar refractivity (Wildman–Crippen MR) is 133 cm³/mol. The molecule has 0 radical (unpaired) electrons. The first-order valence-corrected chi connectivity index (χ1v) is 12.6. The molecule has 174 valence electrons. The third-order valence-electron chi connectivity index (χ3n) is 5.32. The molecular weight excluding hydrogens is 470 g/mol. The summed E-state index contributed by atoms with van der Waals surface area (Å²) in [5.41, 5.74) is 2.62. The molecule has 1 aliphatic carbocycles. The number of carbonyl (C=O) groups is 1. The molecule has 0 bridgehead atoms. The van der Waals surface area contributed by atoms with Gasteiger partial charge < -0.3 is 14.8 Å². The van der Waals surface area contributed by atoms with E-state index in [1.807, 2.05) is 58.6 Å². The molecule has 1 N–H and O–H groups in total. The van der Waals surface area contributed by atoms with Crippen LogP contribution in [0.3, 0.4) is 0 Å². The largest absolute Gasteiger partial charge is 0.493 e. The number of rotatable bonds is 9. The molecule has 0 saturated heterocycles. The molecule has 5 rings (SSSR count). The summed E-state index contributed by atoms with van der Waals surface area (Å²) < 4.78 is 12.5. The Morgan fingerprint density at radius 3 is 2.65 bits per heavy atom. The number of nitrogens with zero attached hydrogens (tertiary/aromatic N) is 4. The fourth-order valence-corrected chi connectivity index (χ4v) is 4.84. The van der Waals surface area contributed by atoms with E-state index < -0.39 is 0 Å². The lowest BCUT2D eigenvalue weighted by molar-refractivity contribution is -0.113. The number of aromatic nitrogens is 4. The molecule has 8 nitrogen and oxygen atoms in total. The quantitative estimate of drug-likeness (QED) is 0.328. The molecule has 0 spiro atoms. The molecule has 34 heavy (non-hydrogen) atoms. The van der Waals surface area contributed by atoms with E-state index in [9.17, 15) is 4.79 Å². The number of benzene rings is 2. The number of methoxy groups -OCH3 is 2. The molecule has 1 aliphatic rings. The van der Waals surface area contributed by atoms with Gasteiger partial charge in [0.1, 0.15) is 5.82 Å². The molecule has 4 aromatic rings. The molecule has 2 aromatic heterocycles. The Morgan fingerprint density at radius 2 is 1.91 bits per heavy atom. The Labute approximate surface area is 205 Å². The highest BCUT2D eigenvalue weighted by atomic mass is 32.2. The van der Waals surface area contributed by atoms with E-state index >= 15 is 0 Å². The van der Waals surface area contributed by atoms with Crippen LogP contribution in [0.4, 0.5) is 5.13 Å². The first-order chi connectivity index (χ1) is 16.6. The first-order valence-electron chi connectivity index (χ1n) is 10.8. The van der Waals surface area contributed by atoms with E-state index in [0.717, 1.165) is 35.6 Å². The maximum absolute atomic E-state index is 12.6.